The van der Waals surface area contributed by atoms with Crippen LogP contribution < -0.4 is 0 Å². The number of Topliss-reactive ketones (excluding diaryl/α,β-unsaturated/α-hetero) is 1. The SMILES string of the molecule is O=C1CCC[C@H](C(O)(c2ccccc2)c2ccc(Cl)cc2)C1. The fourth-order valence-corrected chi connectivity index (χ4v) is 3.54. The molecule has 2 nitrogen and oxygen atoms in total. The number of benzene rings is 2. The standard InChI is InChI=1S/C19H19ClO2/c20-17-11-9-15(10-12-17)19(22,14-5-2-1-3-6-14)16-7-4-8-18(21)13-16/h1-3,5-6,9-12,16,22H,4,7-8,13H2/t16-,19?/m0/s1. The molecule has 22 heavy (non-hydrogen) atoms. The minimum atomic E-state index is -1.15. The van der Waals surface area contributed by atoms with E-state index in [0.717, 1.165) is 24.0 Å². The molecule has 0 saturated heterocycles. The first-order valence-electron chi connectivity index (χ1n) is 7.66. The van der Waals surface area contributed by atoms with Crippen molar-refractivity contribution >= 4 is 17.4 Å². The van der Waals surface area contributed by atoms with E-state index in [4.69, 9.17) is 11.6 Å². The normalized spacial score (nSPS) is 21.4. The number of rotatable bonds is 3. The van der Waals surface area contributed by atoms with Crippen molar-refractivity contribution in [1.82, 2.24) is 0 Å². The number of aliphatic hydroxyl groups is 1. The molecule has 2 aromatic carbocycles. The molecule has 3 rings (SSSR count). The van der Waals surface area contributed by atoms with E-state index < -0.39 is 5.60 Å². The first-order valence-corrected chi connectivity index (χ1v) is 8.04. The lowest BCUT2D eigenvalue weighted by Crippen LogP contribution is -2.39. The summed E-state index contributed by atoms with van der Waals surface area (Å²) in [7, 11) is 0. The van der Waals surface area contributed by atoms with Crippen LogP contribution in [-0.2, 0) is 10.4 Å². The number of ketones is 1. The Kier molecular flexibility index (Phi) is 4.32. The molecule has 2 aromatic rings. The minimum Gasteiger partial charge on any atom is -0.380 e. The van der Waals surface area contributed by atoms with E-state index in [1.165, 1.54) is 0 Å². The Morgan fingerprint density at radius 2 is 1.64 bits per heavy atom. The third kappa shape index (κ3) is 2.81. The molecular formula is C19H19ClO2. The summed E-state index contributed by atoms with van der Waals surface area (Å²) in [5.41, 5.74) is 0.474. The highest BCUT2D eigenvalue weighted by Gasteiger charge is 2.42. The van der Waals surface area contributed by atoms with Gasteiger partial charge in [0.05, 0.1) is 0 Å². The van der Waals surface area contributed by atoms with Crippen molar-refractivity contribution in [3.8, 4) is 0 Å². The predicted octanol–water partition coefficient (Wildman–Crippen LogP) is 4.34. The molecule has 1 saturated carbocycles. The van der Waals surface area contributed by atoms with Gasteiger partial charge in [-0.25, -0.2) is 0 Å². The Hall–Kier alpha value is -1.64. The molecule has 114 valence electrons. The molecule has 0 aliphatic heterocycles. The van der Waals surface area contributed by atoms with Crippen LogP contribution in [0.1, 0.15) is 36.8 Å². The fraction of sp³-hybridized carbons (Fsp3) is 0.316. The van der Waals surface area contributed by atoms with Crippen LogP contribution in [0.2, 0.25) is 5.02 Å². The Labute approximate surface area is 135 Å². The highest BCUT2D eigenvalue weighted by Crippen LogP contribution is 2.43. The van der Waals surface area contributed by atoms with Crippen molar-refractivity contribution < 1.29 is 9.90 Å². The Balaban J connectivity index is 2.09. The molecule has 1 aliphatic carbocycles. The molecule has 0 amide bonds. The maximum atomic E-state index is 11.9. The van der Waals surface area contributed by atoms with Crippen LogP contribution in [0.25, 0.3) is 0 Å². The van der Waals surface area contributed by atoms with Gasteiger partial charge >= 0.3 is 0 Å². The maximum absolute atomic E-state index is 11.9. The van der Waals surface area contributed by atoms with Gasteiger partial charge < -0.3 is 5.11 Å². The smallest absolute Gasteiger partial charge is 0.133 e. The van der Waals surface area contributed by atoms with Crippen molar-refractivity contribution in [3.05, 3.63) is 70.7 Å². The summed E-state index contributed by atoms with van der Waals surface area (Å²) in [4.78, 5) is 11.9. The number of hydrogen-bond acceptors (Lipinski definition) is 2. The van der Waals surface area contributed by atoms with E-state index in [-0.39, 0.29) is 11.7 Å². The molecule has 1 aliphatic rings. The minimum absolute atomic E-state index is 0.0997. The fourth-order valence-electron chi connectivity index (χ4n) is 3.42. The van der Waals surface area contributed by atoms with Crippen molar-refractivity contribution in [2.75, 3.05) is 0 Å². The second kappa shape index (κ2) is 6.23. The first-order chi connectivity index (χ1) is 10.6. The molecule has 0 spiro atoms. The summed E-state index contributed by atoms with van der Waals surface area (Å²) >= 11 is 5.98. The zero-order valence-corrected chi connectivity index (χ0v) is 13.1. The molecule has 1 fully saturated rings. The second-order valence-electron chi connectivity index (χ2n) is 5.97. The van der Waals surface area contributed by atoms with Gasteiger partial charge in [-0.1, -0.05) is 54.1 Å². The van der Waals surface area contributed by atoms with Gasteiger partial charge in [0.2, 0.25) is 0 Å². The number of carbonyl (C=O) groups excluding carboxylic acids is 1. The van der Waals surface area contributed by atoms with E-state index in [9.17, 15) is 9.90 Å². The first kappa shape index (κ1) is 15.3. The van der Waals surface area contributed by atoms with Crippen molar-refractivity contribution in [2.45, 2.75) is 31.3 Å². The number of halogens is 1. The zero-order valence-electron chi connectivity index (χ0n) is 12.3. The summed E-state index contributed by atoms with van der Waals surface area (Å²) < 4.78 is 0. The van der Waals surface area contributed by atoms with E-state index in [1.807, 2.05) is 42.5 Å². The molecular weight excluding hydrogens is 296 g/mol. The van der Waals surface area contributed by atoms with Gasteiger partial charge in [-0.2, -0.15) is 0 Å². The van der Waals surface area contributed by atoms with Crippen LogP contribution in [0.3, 0.4) is 0 Å². The van der Waals surface area contributed by atoms with Gasteiger partial charge in [0, 0.05) is 23.8 Å². The summed E-state index contributed by atoms with van der Waals surface area (Å²) in [5.74, 6) is 0.136. The molecule has 0 radical (unpaired) electrons. The lowest BCUT2D eigenvalue weighted by molar-refractivity contribution is -0.124. The Morgan fingerprint density at radius 1 is 1.00 bits per heavy atom. The van der Waals surface area contributed by atoms with Gasteiger partial charge in [0.25, 0.3) is 0 Å². The van der Waals surface area contributed by atoms with Crippen LogP contribution >= 0.6 is 11.6 Å². The molecule has 1 unspecified atom stereocenters. The number of hydrogen-bond donors (Lipinski definition) is 1. The van der Waals surface area contributed by atoms with Crippen molar-refractivity contribution in [1.29, 1.82) is 0 Å². The average molecular weight is 315 g/mol. The Morgan fingerprint density at radius 3 is 2.27 bits per heavy atom. The van der Waals surface area contributed by atoms with Crippen molar-refractivity contribution in [2.24, 2.45) is 5.92 Å². The summed E-state index contributed by atoms with van der Waals surface area (Å²) in [6, 6.07) is 16.9. The monoisotopic (exact) mass is 314 g/mol. The highest BCUT2D eigenvalue weighted by atomic mass is 35.5. The molecule has 3 heteroatoms. The molecule has 0 heterocycles. The summed E-state index contributed by atoms with van der Waals surface area (Å²) in [6.07, 6.45) is 2.74. The van der Waals surface area contributed by atoms with Gasteiger partial charge in [-0.15, -0.1) is 0 Å². The molecule has 0 aromatic heterocycles. The van der Waals surface area contributed by atoms with Crippen molar-refractivity contribution in [3.63, 3.8) is 0 Å². The average Bonchev–Trinajstić information content (AvgIpc) is 2.55. The quantitative estimate of drug-likeness (QED) is 0.915. The largest absolute Gasteiger partial charge is 0.380 e. The lowest BCUT2D eigenvalue weighted by Gasteiger charge is -2.39. The van der Waals surface area contributed by atoms with E-state index in [2.05, 4.69) is 0 Å². The maximum Gasteiger partial charge on any atom is 0.133 e. The van der Waals surface area contributed by atoms with Gasteiger partial charge in [0.15, 0.2) is 0 Å². The predicted molar refractivity (Wildman–Crippen MR) is 87.9 cm³/mol. The highest BCUT2D eigenvalue weighted by molar-refractivity contribution is 6.30. The zero-order chi connectivity index (χ0) is 15.6. The van der Waals surface area contributed by atoms with Crippen LogP contribution in [-0.4, -0.2) is 10.9 Å². The lowest BCUT2D eigenvalue weighted by atomic mass is 9.70. The van der Waals surface area contributed by atoms with E-state index in [0.29, 0.717) is 17.9 Å². The topological polar surface area (TPSA) is 37.3 Å². The van der Waals surface area contributed by atoms with Crippen LogP contribution in [0.4, 0.5) is 0 Å². The van der Waals surface area contributed by atoms with Gasteiger partial charge in [0.1, 0.15) is 11.4 Å². The van der Waals surface area contributed by atoms with E-state index in [1.54, 1.807) is 12.1 Å². The van der Waals surface area contributed by atoms with Crippen LogP contribution in [0, 0.1) is 5.92 Å². The van der Waals surface area contributed by atoms with Gasteiger partial charge in [-0.05, 0) is 36.1 Å². The second-order valence-corrected chi connectivity index (χ2v) is 6.41. The van der Waals surface area contributed by atoms with E-state index >= 15 is 0 Å². The molecule has 0 bridgehead atoms. The molecule has 2 atom stereocenters. The van der Waals surface area contributed by atoms with Crippen LogP contribution in [0.15, 0.2) is 54.6 Å². The van der Waals surface area contributed by atoms with Gasteiger partial charge in [-0.3, -0.25) is 4.79 Å². The molecule has 1 N–H and O–H groups in total. The third-order valence-corrected chi connectivity index (χ3v) is 4.82. The number of carbonyl (C=O) groups is 1. The summed E-state index contributed by atoms with van der Waals surface area (Å²) in [5, 5.41) is 12.2. The Bertz CT molecular complexity index is 651. The third-order valence-electron chi connectivity index (χ3n) is 4.57. The van der Waals surface area contributed by atoms with Crippen LogP contribution in [0.5, 0.6) is 0 Å². The summed E-state index contributed by atoms with van der Waals surface area (Å²) in [6.45, 7) is 0.